The van der Waals surface area contributed by atoms with Gasteiger partial charge < -0.3 is 10.1 Å². The predicted octanol–water partition coefficient (Wildman–Crippen LogP) is 4.80. The molecule has 0 spiro atoms. The van der Waals surface area contributed by atoms with E-state index in [1.807, 2.05) is 0 Å². The number of nitro benzene ring substituents is 1. The number of thiocarbonyl (C=S) groups is 1. The van der Waals surface area contributed by atoms with Crippen molar-refractivity contribution in [1.82, 2.24) is 5.32 Å². The van der Waals surface area contributed by atoms with Gasteiger partial charge in [0.05, 0.1) is 11.5 Å². The SMILES string of the molecule is CC(C)CCOc1ccc(C(=O)NC(=S)Nc2ccc(Cl)cc2[N+](=O)[O-])cc1. The van der Waals surface area contributed by atoms with Crippen LogP contribution < -0.4 is 15.4 Å². The van der Waals surface area contributed by atoms with E-state index < -0.39 is 10.8 Å². The lowest BCUT2D eigenvalue weighted by Gasteiger charge is -2.11. The fourth-order valence-corrected chi connectivity index (χ4v) is 2.57. The van der Waals surface area contributed by atoms with E-state index in [-0.39, 0.29) is 21.5 Å². The first-order chi connectivity index (χ1) is 13.3. The molecule has 0 saturated carbocycles. The van der Waals surface area contributed by atoms with E-state index in [1.54, 1.807) is 24.3 Å². The molecule has 148 valence electrons. The number of carbonyl (C=O) groups is 1. The van der Waals surface area contributed by atoms with Crippen LogP contribution in [0.2, 0.25) is 5.02 Å². The molecule has 0 fully saturated rings. The van der Waals surface area contributed by atoms with Crippen LogP contribution in [0.4, 0.5) is 11.4 Å². The summed E-state index contributed by atoms with van der Waals surface area (Å²) < 4.78 is 5.61. The number of amides is 1. The Hall–Kier alpha value is -2.71. The van der Waals surface area contributed by atoms with Gasteiger partial charge in [-0.25, -0.2) is 0 Å². The van der Waals surface area contributed by atoms with Crippen molar-refractivity contribution >= 4 is 46.2 Å². The summed E-state index contributed by atoms with van der Waals surface area (Å²) in [6.07, 6.45) is 0.943. The van der Waals surface area contributed by atoms with Crippen LogP contribution in [-0.4, -0.2) is 22.5 Å². The summed E-state index contributed by atoms with van der Waals surface area (Å²) in [6.45, 7) is 4.84. The average molecular weight is 422 g/mol. The average Bonchev–Trinajstić information content (AvgIpc) is 2.63. The predicted molar refractivity (Wildman–Crippen MR) is 113 cm³/mol. The number of nitro groups is 1. The first kappa shape index (κ1) is 21.6. The van der Waals surface area contributed by atoms with Crippen LogP contribution in [0.5, 0.6) is 5.75 Å². The number of nitrogens with zero attached hydrogens (tertiary/aromatic N) is 1. The van der Waals surface area contributed by atoms with Gasteiger partial charge in [-0.2, -0.15) is 0 Å². The number of rotatable bonds is 7. The number of halogens is 1. The third-order valence-electron chi connectivity index (χ3n) is 3.71. The summed E-state index contributed by atoms with van der Waals surface area (Å²) in [6, 6.07) is 10.8. The van der Waals surface area contributed by atoms with Crippen LogP contribution >= 0.6 is 23.8 Å². The van der Waals surface area contributed by atoms with Crippen LogP contribution in [0.25, 0.3) is 0 Å². The van der Waals surface area contributed by atoms with Gasteiger partial charge >= 0.3 is 0 Å². The molecule has 1 amide bonds. The second-order valence-electron chi connectivity index (χ2n) is 6.38. The maximum atomic E-state index is 12.3. The Bertz CT molecular complexity index is 872. The highest BCUT2D eigenvalue weighted by Gasteiger charge is 2.16. The fraction of sp³-hybridized carbons (Fsp3) is 0.263. The molecule has 2 rings (SSSR count). The molecule has 0 aromatic heterocycles. The summed E-state index contributed by atoms with van der Waals surface area (Å²) in [5.41, 5.74) is 0.270. The maximum absolute atomic E-state index is 12.3. The summed E-state index contributed by atoms with van der Waals surface area (Å²) in [5.74, 6) is 0.785. The van der Waals surface area contributed by atoms with E-state index >= 15 is 0 Å². The molecule has 28 heavy (non-hydrogen) atoms. The molecule has 0 radical (unpaired) electrons. The molecular formula is C19H20ClN3O4S. The van der Waals surface area contributed by atoms with Crippen LogP contribution in [0.3, 0.4) is 0 Å². The Morgan fingerprint density at radius 1 is 1.25 bits per heavy atom. The molecule has 0 aliphatic carbocycles. The highest BCUT2D eigenvalue weighted by atomic mass is 35.5. The smallest absolute Gasteiger partial charge is 0.294 e. The Morgan fingerprint density at radius 2 is 1.93 bits per heavy atom. The normalized spacial score (nSPS) is 10.4. The van der Waals surface area contributed by atoms with Gasteiger partial charge in [-0.1, -0.05) is 25.4 Å². The molecular weight excluding hydrogens is 402 g/mol. The van der Waals surface area contributed by atoms with Crippen LogP contribution in [0.1, 0.15) is 30.6 Å². The van der Waals surface area contributed by atoms with Crippen LogP contribution in [0, 0.1) is 16.0 Å². The van der Waals surface area contributed by atoms with Crippen molar-refractivity contribution in [3.8, 4) is 5.75 Å². The van der Waals surface area contributed by atoms with Crippen molar-refractivity contribution < 1.29 is 14.5 Å². The summed E-state index contributed by atoms with van der Waals surface area (Å²) in [4.78, 5) is 22.8. The highest BCUT2D eigenvalue weighted by Crippen LogP contribution is 2.27. The van der Waals surface area contributed by atoms with E-state index in [0.29, 0.717) is 23.8 Å². The Labute approximate surface area is 173 Å². The van der Waals surface area contributed by atoms with E-state index in [2.05, 4.69) is 24.5 Å². The van der Waals surface area contributed by atoms with Crippen LogP contribution in [-0.2, 0) is 0 Å². The first-order valence-electron chi connectivity index (χ1n) is 8.55. The lowest BCUT2D eigenvalue weighted by Crippen LogP contribution is -2.34. The molecule has 0 unspecified atom stereocenters. The molecule has 2 aromatic rings. The van der Waals surface area contributed by atoms with Crippen molar-refractivity contribution in [3.05, 3.63) is 63.2 Å². The number of anilines is 1. The number of carbonyl (C=O) groups excluding carboxylic acids is 1. The molecule has 0 saturated heterocycles. The monoisotopic (exact) mass is 421 g/mol. The largest absolute Gasteiger partial charge is 0.494 e. The van der Waals surface area contributed by atoms with Crippen molar-refractivity contribution in [2.75, 3.05) is 11.9 Å². The van der Waals surface area contributed by atoms with Gasteiger partial charge in [0.15, 0.2) is 5.11 Å². The molecule has 0 aliphatic rings. The van der Waals surface area contributed by atoms with Crippen LogP contribution in [0.15, 0.2) is 42.5 Å². The Morgan fingerprint density at radius 3 is 2.54 bits per heavy atom. The minimum atomic E-state index is -0.587. The molecule has 9 heteroatoms. The number of ether oxygens (including phenoxy) is 1. The van der Waals surface area contributed by atoms with E-state index in [1.165, 1.54) is 18.2 Å². The molecule has 7 nitrogen and oxygen atoms in total. The minimum absolute atomic E-state index is 0.0623. The number of nitrogens with one attached hydrogen (secondary N) is 2. The minimum Gasteiger partial charge on any atom is -0.494 e. The van der Waals surface area contributed by atoms with Gasteiger partial charge in [0.1, 0.15) is 11.4 Å². The van der Waals surface area contributed by atoms with E-state index in [9.17, 15) is 14.9 Å². The molecule has 2 N–H and O–H groups in total. The third-order valence-corrected chi connectivity index (χ3v) is 4.15. The molecule has 0 atom stereocenters. The summed E-state index contributed by atoms with van der Waals surface area (Å²) in [7, 11) is 0. The summed E-state index contributed by atoms with van der Waals surface area (Å²) in [5, 5.41) is 16.4. The number of hydrogen-bond acceptors (Lipinski definition) is 5. The lowest BCUT2D eigenvalue weighted by molar-refractivity contribution is -0.383. The molecule has 2 aromatic carbocycles. The molecule has 0 aliphatic heterocycles. The van der Waals surface area contributed by atoms with Crippen molar-refractivity contribution in [2.24, 2.45) is 5.92 Å². The third kappa shape index (κ3) is 6.47. The summed E-state index contributed by atoms with van der Waals surface area (Å²) >= 11 is 10.9. The zero-order chi connectivity index (χ0) is 20.7. The number of benzene rings is 2. The Kier molecular flexibility index (Phi) is 7.71. The Balaban J connectivity index is 1.95. The first-order valence-corrected chi connectivity index (χ1v) is 9.34. The van der Waals surface area contributed by atoms with Gasteiger partial charge in [0.25, 0.3) is 11.6 Å². The van der Waals surface area contributed by atoms with Crippen molar-refractivity contribution in [3.63, 3.8) is 0 Å². The zero-order valence-electron chi connectivity index (χ0n) is 15.4. The van der Waals surface area contributed by atoms with Crippen molar-refractivity contribution in [2.45, 2.75) is 20.3 Å². The van der Waals surface area contributed by atoms with Gasteiger partial charge in [-0.3, -0.25) is 20.2 Å². The van der Waals surface area contributed by atoms with Gasteiger partial charge in [0, 0.05) is 16.7 Å². The van der Waals surface area contributed by atoms with E-state index in [0.717, 1.165) is 6.42 Å². The maximum Gasteiger partial charge on any atom is 0.294 e. The highest BCUT2D eigenvalue weighted by molar-refractivity contribution is 7.80. The second kappa shape index (κ2) is 10.0. The van der Waals surface area contributed by atoms with Gasteiger partial charge in [-0.05, 0) is 61.0 Å². The van der Waals surface area contributed by atoms with Gasteiger partial charge in [0.2, 0.25) is 0 Å². The zero-order valence-corrected chi connectivity index (χ0v) is 17.0. The topological polar surface area (TPSA) is 93.5 Å². The lowest BCUT2D eigenvalue weighted by atomic mass is 10.1. The van der Waals surface area contributed by atoms with E-state index in [4.69, 9.17) is 28.6 Å². The fourth-order valence-electron chi connectivity index (χ4n) is 2.21. The molecule has 0 heterocycles. The quantitative estimate of drug-likeness (QED) is 0.379. The van der Waals surface area contributed by atoms with Gasteiger partial charge in [-0.15, -0.1) is 0 Å². The standard InChI is InChI=1S/C19H20ClN3O4S/c1-12(2)9-10-27-15-6-3-13(4-7-15)18(24)22-19(28)21-16-8-5-14(20)11-17(16)23(25)26/h3-8,11-12H,9-10H2,1-2H3,(H2,21,22,24,28). The molecule has 0 bridgehead atoms. The van der Waals surface area contributed by atoms with Crippen molar-refractivity contribution in [1.29, 1.82) is 0 Å². The number of hydrogen-bond donors (Lipinski definition) is 2. The second-order valence-corrected chi connectivity index (χ2v) is 7.23.